The molecule has 4 nitrogen and oxygen atoms in total. The summed E-state index contributed by atoms with van der Waals surface area (Å²) in [6.07, 6.45) is 2.27. The van der Waals surface area contributed by atoms with Crippen LogP contribution in [0.5, 0.6) is 0 Å². The quantitative estimate of drug-likeness (QED) is 0.866. The third kappa shape index (κ3) is 3.37. The summed E-state index contributed by atoms with van der Waals surface area (Å²) in [6.45, 7) is 1.65. The molecule has 106 valence electrons. The Morgan fingerprint density at radius 3 is 3.10 bits per heavy atom. The normalized spacial score (nSPS) is 19.1. The van der Waals surface area contributed by atoms with E-state index in [1.807, 2.05) is 0 Å². The second kappa shape index (κ2) is 6.37. The zero-order valence-corrected chi connectivity index (χ0v) is 11.7. The summed E-state index contributed by atoms with van der Waals surface area (Å²) in [5.41, 5.74) is 0.606. The predicted octanol–water partition coefficient (Wildman–Crippen LogP) is 3.29. The van der Waals surface area contributed by atoms with E-state index in [9.17, 15) is 4.39 Å². The SMILES string of the molecule is Fc1cccc(-c2nnc(CS[C@@H]3CCCOC3)o2)c1. The molecule has 0 unspecified atom stereocenters. The molecule has 0 spiro atoms. The Morgan fingerprint density at radius 1 is 1.35 bits per heavy atom. The van der Waals surface area contributed by atoms with Crippen molar-refractivity contribution in [3.63, 3.8) is 0 Å². The van der Waals surface area contributed by atoms with E-state index in [0.29, 0.717) is 28.3 Å². The lowest BCUT2D eigenvalue weighted by Gasteiger charge is -2.20. The lowest BCUT2D eigenvalue weighted by atomic mass is 10.2. The maximum Gasteiger partial charge on any atom is 0.247 e. The van der Waals surface area contributed by atoms with Gasteiger partial charge >= 0.3 is 0 Å². The molecule has 0 amide bonds. The van der Waals surface area contributed by atoms with Crippen molar-refractivity contribution in [1.82, 2.24) is 10.2 Å². The van der Waals surface area contributed by atoms with Gasteiger partial charge in [-0.25, -0.2) is 4.39 Å². The van der Waals surface area contributed by atoms with Crippen molar-refractivity contribution in [3.8, 4) is 11.5 Å². The molecule has 6 heteroatoms. The molecule has 1 aliphatic heterocycles. The molecule has 0 radical (unpaired) electrons. The Labute approximate surface area is 120 Å². The third-order valence-corrected chi connectivity index (χ3v) is 4.36. The summed E-state index contributed by atoms with van der Waals surface area (Å²) in [6, 6.07) is 6.16. The Hall–Kier alpha value is -1.40. The van der Waals surface area contributed by atoms with Gasteiger partial charge in [0.2, 0.25) is 11.8 Å². The monoisotopic (exact) mass is 294 g/mol. The number of rotatable bonds is 4. The molecular formula is C14H15FN2O2S. The van der Waals surface area contributed by atoms with Gasteiger partial charge in [-0.05, 0) is 31.0 Å². The van der Waals surface area contributed by atoms with E-state index in [4.69, 9.17) is 9.15 Å². The van der Waals surface area contributed by atoms with Gasteiger partial charge in [0, 0.05) is 17.4 Å². The van der Waals surface area contributed by atoms with Gasteiger partial charge in [-0.2, -0.15) is 0 Å². The number of aromatic nitrogens is 2. The molecule has 3 rings (SSSR count). The van der Waals surface area contributed by atoms with Crippen LogP contribution in [0.4, 0.5) is 4.39 Å². The molecule has 2 heterocycles. The summed E-state index contributed by atoms with van der Waals surface area (Å²) >= 11 is 1.77. The van der Waals surface area contributed by atoms with Crippen LogP contribution in [0.25, 0.3) is 11.5 Å². The molecule has 20 heavy (non-hydrogen) atoms. The number of benzene rings is 1. The minimum atomic E-state index is -0.309. The third-order valence-electron chi connectivity index (χ3n) is 3.10. The first-order chi connectivity index (χ1) is 9.81. The molecular weight excluding hydrogens is 279 g/mol. The maximum absolute atomic E-state index is 13.1. The Balaban J connectivity index is 1.61. The summed E-state index contributed by atoms with van der Waals surface area (Å²) in [7, 11) is 0. The number of hydrogen-bond acceptors (Lipinski definition) is 5. The van der Waals surface area contributed by atoms with Gasteiger partial charge in [0.15, 0.2) is 0 Å². The van der Waals surface area contributed by atoms with E-state index >= 15 is 0 Å². The number of hydrogen-bond donors (Lipinski definition) is 0. The Kier molecular flexibility index (Phi) is 4.32. The fourth-order valence-corrected chi connectivity index (χ4v) is 3.10. The second-order valence-corrected chi connectivity index (χ2v) is 5.95. The molecule has 0 N–H and O–H groups in total. The van der Waals surface area contributed by atoms with E-state index in [1.165, 1.54) is 12.1 Å². The van der Waals surface area contributed by atoms with Gasteiger partial charge in [0.25, 0.3) is 0 Å². The molecule has 0 aliphatic carbocycles. The lowest BCUT2D eigenvalue weighted by Crippen LogP contribution is -2.19. The first-order valence-corrected chi connectivity index (χ1v) is 7.64. The second-order valence-electron chi connectivity index (χ2n) is 4.66. The summed E-state index contributed by atoms with van der Waals surface area (Å²) < 4.78 is 24.1. The minimum Gasteiger partial charge on any atom is -0.420 e. The van der Waals surface area contributed by atoms with Crippen molar-refractivity contribution in [2.75, 3.05) is 13.2 Å². The topological polar surface area (TPSA) is 48.2 Å². The number of nitrogens with zero attached hydrogens (tertiary/aromatic N) is 2. The van der Waals surface area contributed by atoms with Gasteiger partial charge in [-0.3, -0.25) is 0 Å². The molecule has 1 saturated heterocycles. The molecule has 1 aromatic carbocycles. The summed E-state index contributed by atoms with van der Waals surface area (Å²) in [4.78, 5) is 0. The van der Waals surface area contributed by atoms with Crippen LogP contribution < -0.4 is 0 Å². The van der Waals surface area contributed by atoms with Crippen molar-refractivity contribution in [2.45, 2.75) is 23.8 Å². The van der Waals surface area contributed by atoms with Crippen LogP contribution in [0.1, 0.15) is 18.7 Å². The number of thioether (sulfide) groups is 1. The summed E-state index contributed by atoms with van der Waals surface area (Å²) in [5.74, 6) is 1.28. The smallest absolute Gasteiger partial charge is 0.247 e. The van der Waals surface area contributed by atoms with E-state index in [0.717, 1.165) is 26.1 Å². The van der Waals surface area contributed by atoms with Gasteiger partial charge in [-0.15, -0.1) is 22.0 Å². The standard InChI is InChI=1S/C14H15FN2O2S/c15-11-4-1-3-10(7-11)14-17-16-13(19-14)9-20-12-5-2-6-18-8-12/h1,3-4,7,12H,2,5-6,8-9H2/t12-/m1/s1. The minimum absolute atomic E-state index is 0.309. The fraction of sp³-hybridized carbons (Fsp3) is 0.429. The van der Waals surface area contributed by atoms with Crippen LogP contribution in [-0.2, 0) is 10.5 Å². The number of ether oxygens (including phenoxy) is 1. The fourth-order valence-electron chi connectivity index (χ4n) is 2.08. The van der Waals surface area contributed by atoms with Crippen molar-refractivity contribution in [3.05, 3.63) is 36.0 Å². The Bertz CT molecular complexity index is 570. The highest BCUT2D eigenvalue weighted by Crippen LogP contribution is 2.25. The van der Waals surface area contributed by atoms with E-state index < -0.39 is 0 Å². The van der Waals surface area contributed by atoms with Gasteiger partial charge in [0.1, 0.15) is 5.82 Å². The molecule has 1 fully saturated rings. The maximum atomic E-state index is 13.1. The molecule has 0 bridgehead atoms. The largest absolute Gasteiger partial charge is 0.420 e. The first-order valence-electron chi connectivity index (χ1n) is 6.59. The van der Waals surface area contributed by atoms with Crippen LogP contribution in [0.3, 0.4) is 0 Å². The number of halogens is 1. The van der Waals surface area contributed by atoms with E-state index in [-0.39, 0.29) is 5.82 Å². The average Bonchev–Trinajstić information content (AvgIpc) is 2.95. The van der Waals surface area contributed by atoms with E-state index in [1.54, 1.807) is 23.9 Å². The van der Waals surface area contributed by atoms with Crippen LogP contribution in [0, 0.1) is 5.82 Å². The molecule has 1 aromatic heterocycles. The zero-order chi connectivity index (χ0) is 13.8. The van der Waals surface area contributed by atoms with Crippen LogP contribution in [0.2, 0.25) is 0 Å². The zero-order valence-electron chi connectivity index (χ0n) is 10.9. The van der Waals surface area contributed by atoms with E-state index in [2.05, 4.69) is 10.2 Å². The van der Waals surface area contributed by atoms with Crippen molar-refractivity contribution in [1.29, 1.82) is 0 Å². The van der Waals surface area contributed by atoms with Gasteiger partial charge in [-0.1, -0.05) is 6.07 Å². The predicted molar refractivity (Wildman–Crippen MR) is 74.8 cm³/mol. The molecule has 2 aromatic rings. The highest BCUT2D eigenvalue weighted by atomic mass is 32.2. The summed E-state index contributed by atoms with van der Waals surface area (Å²) in [5, 5.41) is 8.46. The van der Waals surface area contributed by atoms with Crippen molar-refractivity contribution in [2.24, 2.45) is 0 Å². The van der Waals surface area contributed by atoms with Crippen LogP contribution in [-0.4, -0.2) is 28.7 Å². The van der Waals surface area contributed by atoms with Crippen molar-refractivity contribution < 1.29 is 13.5 Å². The van der Waals surface area contributed by atoms with Crippen LogP contribution in [0.15, 0.2) is 28.7 Å². The highest BCUT2D eigenvalue weighted by molar-refractivity contribution is 7.99. The average molecular weight is 294 g/mol. The Morgan fingerprint density at radius 2 is 2.30 bits per heavy atom. The molecule has 1 aliphatic rings. The van der Waals surface area contributed by atoms with Crippen molar-refractivity contribution >= 4 is 11.8 Å². The van der Waals surface area contributed by atoms with Gasteiger partial charge < -0.3 is 9.15 Å². The van der Waals surface area contributed by atoms with Gasteiger partial charge in [0.05, 0.1) is 12.4 Å². The van der Waals surface area contributed by atoms with Crippen LogP contribution >= 0.6 is 11.8 Å². The highest BCUT2D eigenvalue weighted by Gasteiger charge is 2.16. The first kappa shape index (κ1) is 13.6. The molecule has 0 saturated carbocycles. The molecule has 1 atom stereocenters. The lowest BCUT2D eigenvalue weighted by molar-refractivity contribution is 0.101.